The van der Waals surface area contributed by atoms with Gasteiger partial charge in [0.15, 0.2) is 0 Å². The third-order valence-electron chi connectivity index (χ3n) is 2.51. The molecule has 1 atom stereocenters. The van der Waals surface area contributed by atoms with Crippen molar-refractivity contribution in [1.82, 2.24) is 0 Å². The van der Waals surface area contributed by atoms with Gasteiger partial charge in [0.05, 0.1) is 0 Å². The Bertz CT molecular complexity index is 124. The zero-order chi connectivity index (χ0) is 8.48. The van der Waals surface area contributed by atoms with Gasteiger partial charge in [-0.15, -0.1) is 0 Å². The first-order chi connectivity index (χ1) is 5.01. The monoisotopic (exact) mass is 163 g/mol. The van der Waals surface area contributed by atoms with Crippen LogP contribution >= 0.6 is 0 Å². The van der Waals surface area contributed by atoms with E-state index in [1.165, 1.54) is 0 Å². The fourth-order valence-corrected chi connectivity index (χ4v) is 1.59. The first kappa shape index (κ1) is 8.91. The Labute approximate surface area is 66.0 Å². The molecule has 1 aliphatic carbocycles. The average Bonchev–Trinajstić information content (AvgIpc) is 1.86. The molecule has 1 saturated carbocycles. The van der Waals surface area contributed by atoms with Crippen molar-refractivity contribution in [2.75, 3.05) is 0 Å². The lowest BCUT2D eigenvalue weighted by molar-refractivity contribution is -0.0475. The minimum atomic E-state index is -2.41. The standard InChI is InChI=1S/C8H15F2N/c1-6(11)7-2-4-8(9,10)5-3-7/h6-7H,2-5,11H2,1H3/t6-/m0/s1. The molecule has 0 aromatic carbocycles. The van der Waals surface area contributed by atoms with Crippen molar-refractivity contribution in [3.63, 3.8) is 0 Å². The minimum absolute atomic E-state index is 0.0270. The maximum atomic E-state index is 12.6. The van der Waals surface area contributed by atoms with E-state index < -0.39 is 5.92 Å². The van der Waals surface area contributed by atoms with E-state index in [9.17, 15) is 8.78 Å². The molecule has 0 aromatic rings. The van der Waals surface area contributed by atoms with E-state index in [1.807, 2.05) is 6.92 Å². The molecule has 0 radical (unpaired) electrons. The van der Waals surface area contributed by atoms with Gasteiger partial charge in [-0.05, 0) is 25.7 Å². The molecule has 0 spiro atoms. The normalized spacial score (nSPS) is 28.4. The molecule has 0 bridgehead atoms. The Kier molecular flexibility index (Phi) is 2.47. The van der Waals surface area contributed by atoms with E-state index in [4.69, 9.17) is 5.73 Å². The smallest absolute Gasteiger partial charge is 0.248 e. The van der Waals surface area contributed by atoms with Crippen LogP contribution < -0.4 is 5.73 Å². The highest BCUT2D eigenvalue weighted by molar-refractivity contribution is 4.81. The summed E-state index contributed by atoms with van der Waals surface area (Å²) in [5.41, 5.74) is 5.61. The predicted octanol–water partition coefficient (Wildman–Crippen LogP) is 2.16. The van der Waals surface area contributed by atoms with E-state index in [0.717, 1.165) is 0 Å². The van der Waals surface area contributed by atoms with Gasteiger partial charge < -0.3 is 5.73 Å². The van der Waals surface area contributed by atoms with Crippen LogP contribution in [-0.4, -0.2) is 12.0 Å². The SMILES string of the molecule is C[C@H](N)C1CCC(F)(F)CC1. The van der Waals surface area contributed by atoms with Gasteiger partial charge in [0, 0.05) is 18.9 Å². The minimum Gasteiger partial charge on any atom is -0.328 e. The highest BCUT2D eigenvalue weighted by atomic mass is 19.3. The quantitative estimate of drug-likeness (QED) is 0.629. The maximum Gasteiger partial charge on any atom is 0.248 e. The zero-order valence-corrected chi connectivity index (χ0v) is 6.82. The van der Waals surface area contributed by atoms with Gasteiger partial charge in [-0.25, -0.2) is 8.78 Å². The lowest BCUT2D eigenvalue weighted by Gasteiger charge is -2.30. The van der Waals surface area contributed by atoms with E-state index in [0.29, 0.717) is 18.8 Å². The Morgan fingerprint density at radius 3 is 2.18 bits per heavy atom. The second-order valence-corrected chi connectivity index (χ2v) is 3.55. The second-order valence-electron chi connectivity index (χ2n) is 3.55. The van der Waals surface area contributed by atoms with Gasteiger partial charge in [0.1, 0.15) is 0 Å². The van der Waals surface area contributed by atoms with Crippen LogP contribution in [0, 0.1) is 5.92 Å². The molecule has 1 nitrogen and oxygen atoms in total. The van der Waals surface area contributed by atoms with Crippen LogP contribution in [0.15, 0.2) is 0 Å². The van der Waals surface area contributed by atoms with Crippen LogP contribution in [0.25, 0.3) is 0 Å². The molecule has 0 unspecified atom stereocenters. The summed E-state index contributed by atoms with van der Waals surface area (Å²) in [6, 6.07) is 0.0751. The highest BCUT2D eigenvalue weighted by Gasteiger charge is 2.35. The van der Waals surface area contributed by atoms with E-state index in [1.54, 1.807) is 0 Å². The van der Waals surface area contributed by atoms with Gasteiger partial charge >= 0.3 is 0 Å². The van der Waals surface area contributed by atoms with Crippen LogP contribution in [0.1, 0.15) is 32.6 Å². The highest BCUT2D eigenvalue weighted by Crippen LogP contribution is 2.36. The fraction of sp³-hybridized carbons (Fsp3) is 1.00. The number of rotatable bonds is 1. The number of nitrogens with two attached hydrogens (primary N) is 1. The van der Waals surface area contributed by atoms with E-state index >= 15 is 0 Å². The number of alkyl halides is 2. The molecular formula is C8H15F2N. The van der Waals surface area contributed by atoms with Crippen molar-refractivity contribution in [3.05, 3.63) is 0 Å². The second kappa shape index (κ2) is 3.05. The number of hydrogen-bond donors (Lipinski definition) is 1. The molecule has 1 rings (SSSR count). The van der Waals surface area contributed by atoms with Crippen molar-refractivity contribution in [3.8, 4) is 0 Å². The summed E-state index contributed by atoms with van der Waals surface area (Å²) >= 11 is 0. The zero-order valence-electron chi connectivity index (χ0n) is 6.82. The van der Waals surface area contributed by atoms with Crippen molar-refractivity contribution < 1.29 is 8.78 Å². The molecule has 0 aliphatic heterocycles. The Balaban J connectivity index is 2.36. The molecule has 0 heterocycles. The maximum absolute atomic E-state index is 12.6. The van der Waals surface area contributed by atoms with Gasteiger partial charge in [-0.2, -0.15) is 0 Å². The van der Waals surface area contributed by atoms with Crippen LogP contribution in [0.4, 0.5) is 8.78 Å². The molecular weight excluding hydrogens is 148 g/mol. The molecule has 2 N–H and O–H groups in total. The van der Waals surface area contributed by atoms with Crippen LogP contribution in [0.2, 0.25) is 0 Å². The van der Waals surface area contributed by atoms with Crippen LogP contribution in [0.5, 0.6) is 0 Å². The summed E-state index contributed by atoms with van der Waals surface area (Å²) in [6.07, 6.45) is 1.23. The molecule has 1 fully saturated rings. The van der Waals surface area contributed by atoms with Gasteiger partial charge in [0.25, 0.3) is 0 Å². The molecule has 0 saturated heterocycles. The summed E-state index contributed by atoms with van der Waals surface area (Å²) < 4.78 is 25.2. The van der Waals surface area contributed by atoms with E-state index in [-0.39, 0.29) is 18.9 Å². The van der Waals surface area contributed by atoms with Crippen molar-refractivity contribution in [2.45, 2.75) is 44.6 Å². The summed E-state index contributed by atoms with van der Waals surface area (Å²) in [5.74, 6) is -2.10. The molecule has 0 aromatic heterocycles. The summed E-state index contributed by atoms with van der Waals surface area (Å²) in [6.45, 7) is 1.90. The lowest BCUT2D eigenvalue weighted by Crippen LogP contribution is -2.33. The largest absolute Gasteiger partial charge is 0.328 e. The topological polar surface area (TPSA) is 26.0 Å². The third-order valence-corrected chi connectivity index (χ3v) is 2.51. The molecule has 66 valence electrons. The summed E-state index contributed by atoms with van der Waals surface area (Å²) in [5, 5.41) is 0. The van der Waals surface area contributed by atoms with Crippen molar-refractivity contribution in [1.29, 1.82) is 0 Å². The van der Waals surface area contributed by atoms with Gasteiger partial charge in [-0.3, -0.25) is 0 Å². The summed E-state index contributed by atoms with van der Waals surface area (Å²) in [7, 11) is 0. The first-order valence-electron chi connectivity index (χ1n) is 4.15. The molecule has 11 heavy (non-hydrogen) atoms. The lowest BCUT2D eigenvalue weighted by atomic mass is 9.83. The van der Waals surface area contributed by atoms with Gasteiger partial charge in [0.2, 0.25) is 5.92 Å². The molecule has 1 aliphatic rings. The molecule has 3 heteroatoms. The fourth-order valence-electron chi connectivity index (χ4n) is 1.59. The Hall–Kier alpha value is -0.180. The van der Waals surface area contributed by atoms with Crippen LogP contribution in [0.3, 0.4) is 0 Å². The van der Waals surface area contributed by atoms with Crippen molar-refractivity contribution in [2.24, 2.45) is 11.7 Å². The number of halogens is 2. The predicted molar refractivity (Wildman–Crippen MR) is 40.6 cm³/mol. The number of hydrogen-bond acceptors (Lipinski definition) is 1. The Morgan fingerprint density at radius 2 is 1.82 bits per heavy atom. The average molecular weight is 163 g/mol. The molecule has 0 amide bonds. The summed E-state index contributed by atoms with van der Waals surface area (Å²) in [4.78, 5) is 0. The van der Waals surface area contributed by atoms with E-state index in [2.05, 4.69) is 0 Å². The van der Waals surface area contributed by atoms with Gasteiger partial charge in [-0.1, -0.05) is 0 Å². The Morgan fingerprint density at radius 1 is 1.36 bits per heavy atom. The first-order valence-corrected chi connectivity index (χ1v) is 4.15. The third kappa shape index (κ3) is 2.40. The van der Waals surface area contributed by atoms with Crippen molar-refractivity contribution >= 4 is 0 Å². The van der Waals surface area contributed by atoms with Crippen LogP contribution in [-0.2, 0) is 0 Å².